The van der Waals surface area contributed by atoms with E-state index in [1.807, 2.05) is 12.1 Å². The number of nitrogens with zero attached hydrogens (tertiary/aromatic N) is 1. The molecule has 1 heterocycles. The molecule has 0 bridgehead atoms. The first-order valence-corrected chi connectivity index (χ1v) is 6.15. The van der Waals surface area contributed by atoms with Gasteiger partial charge in [0.15, 0.2) is 0 Å². The van der Waals surface area contributed by atoms with Gasteiger partial charge in [-0.1, -0.05) is 12.1 Å². The van der Waals surface area contributed by atoms with E-state index < -0.39 is 0 Å². The molecule has 2 rings (SSSR count). The van der Waals surface area contributed by atoms with Gasteiger partial charge >= 0.3 is 0 Å². The maximum absolute atomic E-state index is 5.91. The van der Waals surface area contributed by atoms with Crippen molar-refractivity contribution in [3.05, 3.63) is 46.2 Å². The van der Waals surface area contributed by atoms with Crippen molar-refractivity contribution in [1.82, 2.24) is 0 Å². The highest BCUT2D eigenvalue weighted by molar-refractivity contribution is 7.09. The Morgan fingerprint density at radius 2 is 2.06 bits per heavy atom. The third kappa shape index (κ3) is 2.19. The zero-order chi connectivity index (χ0) is 11.5. The summed E-state index contributed by atoms with van der Waals surface area (Å²) < 4.78 is 0. The molecule has 0 fully saturated rings. The number of anilines is 2. The quantitative estimate of drug-likeness (QED) is 0.823. The second-order valence-corrected chi connectivity index (χ2v) is 4.96. The smallest absolute Gasteiger partial charge is 0.0519 e. The maximum atomic E-state index is 5.91. The minimum Gasteiger partial charge on any atom is -0.398 e. The lowest BCUT2D eigenvalue weighted by atomic mass is 10.1. The van der Waals surface area contributed by atoms with Gasteiger partial charge in [-0.15, -0.1) is 11.3 Å². The molecule has 0 saturated carbocycles. The van der Waals surface area contributed by atoms with Crippen molar-refractivity contribution in [2.45, 2.75) is 13.5 Å². The molecule has 2 N–H and O–H groups in total. The van der Waals surface area contributed by atoms with Crippen molar-refractivity contribution >= 4 is 22.7 Å². The molecule has 0 unspecified atom stereocenters. The van der Waals surface area contributed by atoms with E-state index >= 15 is 0 Å². The average Bonchev–Trinajstić information content (AvgIpc) is 2.74. The van der Waals surface area contributed by atoms with Gasteiger partial charge in [0.05, 0.1) is 6.54 Å². The third-order valence-corrected chi connectivity index (χ3v) is 3.59. The molecule has 1 aromatic carbocycles. The second-order valence-electron chi connectivity index (χ2n) is 3.93. The highest BCUT2D eigenvalue weighted by atomic mass is 32.1. The third-order valence-electron chi connectivity index (χ3n) is 2.73. The van der Waals surface area contributed by atoms with Gasteiger partial charge < -0.3 is 10.6 Å². The van der Waals surface area contributed by atoms with Crippen LogP contribution in [0.2, 0.25) is 0 Å². The zero-order valence-electron chi connectivity index (χ0n) is 9.60. The first-order chi connectivity index (χ1) is 7.68. The Hall–Kier alpha value is -1.48. The summed E-state index contributed by atoms with van der Waals surface area (Å²) in [5.41, 5.74) is 9.12. The summed E-state index contributed by atoms with van der Waals surface area (Å²) in [6.45, 7) is 3.00. The van der Waals surface area contributed by atoms with Crippen molar-refractivity contribution in [1.29, 1.82) is 0 Å². The minimum atomic E-state index is 0.857. The molecule has 2 nitrogen and oxygen atoms in total. The molecule has 0 aliphatic rings. The first kappa shape index (κ1) is 11.0. The highest BCUT2D eigenvalue weighted by Crippen LogP contribution is 2.25. The van der Waals surface area contributed by atoms with Crippen LogP contribution in [0, 0.1) is 6.92 Å². The molecule has 2 aromatic rings. The van der Waals surface area contributed by atoms with Gasteiger partial charge in [0.25, 0.3) is 0 Å². The second kappa shape index (κ2) is 4.58. The lowest BCUT2D eigenvalue weighted by molar-refractivity contribution is 0.934. The monoisotopic (exact) mass is 232 g/mol. The fourth-order valence-corrected chi connectivity index (χ4v) is 2.53. The fourth-order valence-electron chi connectivity index (χ4n) is 1.78. The van der Waals surface area contributed by atoms with Crippen LogP contribution in [0.15, 0.2) is 35.7 Å². The molecule has 84 valence electrons. The first-order valence-electron chi connectivity index (χ1n) is 5.27. The van der Waals surface area contributed by atoms with Gasteiger partial charge in [-0.3, -0.25) is 0 Å². The Labute approximate surface area is 100 Å². The number of benzene rings is 1. The van der Waals surface area contributed by atoms with Crippen molar-refractivity contribution in [2.24, 2.45) is 0 Å². The molecular formula is C13H16N2S. The Morgan fingerprint density at radius 3 is 2.75 bits per heavy atom. The molecular weight excluding hydrogens is 216 g/mol. The SMILES string of the molecule is Cc1c(N)cccc1N(C)Cc1cccs1. The van der Waals surface area contributed by atoms with Crippen LogP contribution in [0.5, 0.6) is 0 Å². The highest BCUT2D eigenvalue weighted by Gasteiger charge is 2.07. The number of thiophene rings is 1. The van der Waals surface area contributed by atoms with Crippen LogP contribution in [0.25, 0.3) is 0 Å². The van der Waals surface area contributed by atoms with Crippen LogP contribution in [-0.2, 0) is 6.54 Å². The molecule has 3 heteroatoms. The predicted octanol–water partition coefficient (Wildman–Crippen LogP) is 3.28. The summed E-state index contributed by atoms with van der Waals surface area (Å²) in [6.07, 6.45) is 0. The van der Waals surface area contributed by atoms with E-state index in [0.29, 0.717) is 0 Å². The summed E-state index contributed by atoms with van der Waals surface area (Å²) in [4.78, 5) is 3.60. The van der Waals surface area contributed by atoms with Crippen LogP contribution < -0.4 is 10.6 Å². The number of rotatable bonds is 3. The number of nitrogens with two attached hydrogens (primary N) is 1. The van der Waals surface area contributed by atoms with Crippen LogP contribution in [0.4, 0.5) is 11.4 Å². The van der Waals surface area contributed by atoms with Crippen molar-refractivity contribution in [3.63, 3.8) is 0 Å². The lowest BCUT2D eigenvalue weighted by Gasteiger charge is -2.21. The van der Waals surface area contributed by atoms with E-state index in [-0.39, 0.29) is 0 Å². The summed E-state index contributed by atoms with van der Waals surface area (Å²) in [7, 11) is 2.10. The molecule has 0 aliphatic carbocycles. The van der Waals surface area contributed by atoms with Crippen LogP contribution in [0.1, 0.15) is 10.4 Å². The van der Waals surface area contributed by atoms with Gasteiger partial charge in [-0.25, -0.2) is 0 Å². The van der Waals surface area contributed by atoms with E-state index in [2.05, 4.69) is 42.5 Å². The lowest BCUT2D eigenvalue weighted by Crippen LogP contribution is -2.17. The van der Waals surface area contributed by atoms with Crippen molar-refractivity contribution < 1.29 is 0 Å². The summed E-state index contributed by atoms with van der Waals surface area (Å²) in [5.74, 6) is 0. The number of hydrogen-bond acceptors (Lipinski definition) is 3. The largest absolute Gasteiger partial charge is 0.398 e. The van der Waals surface area contributed by atoms with E-state index in [1.54, 1.807) is 11.3 Å². The maximum Gasteiger partial charge on any atom is 0.0519 e. The topological polar surface area (TPSA) is 29.3 Å². The molecule has 0 aliphatic heterocycles. The average molecular weight is 232 g/mol. The van der Waals surface area contributed by atoms with Crippen LogP contribution in [0.3, 0.4) is 0 Å². The number of hydrogen-bond donors (Lipinski definition) is 1. The molecule has 1 aromatic heterocycles. The van der Waals surface area contributed by atoms with Crippen LogP contribution >= 0.6 is 11.3 Å². The normalized spacial score (nSPS) is 10.4. The minimum absolute atomic E-state index is 0.857. The van der Waals surface area contributed by atoms with Crippen molar-refractivity contribution in [2.75, 3.05) is 17.7 Å². The molecule has 0 atom stereocenters. The molecule has 0 amide bonds. The van der Waals surface area contributed by atoms with Gasteiger partial charge in [0, 0.05) is 23.3 Å². The Kier molecular flexibility index (Phi) is 3.15. The van der Waals surface area contributed by atoms with E-state index in [0.717, 1.165) is 17.8 Å². The van der Waals surface area contributed by atoms with E-state index in [1.165, 1.54) is 10.6 Å². The van der Waals surface area contributed by atoms with Gasteiger partial charge in [-0.2, -0.15) is 0 Å². The summed E-state index contributed by atoms with van der Waals surface area (Å²) >= 11 is 1.78. The fraction of sp³-hybridized carbons (Fsp3) is 0.231. The Balaban J connectivity index is 2.21. The van der Waals surface area contributed by atoms with Crippen LogP contribution in [-0.4, -0.2) is 7.05 Å². The predicted molar refractivity (Wildman–Crippen MR) is 72.0 cm³/mol. The number of nitrogen functional groups attached to an aromatic ring is 1. The Morgan fingerprint density at radius 1 is 1.25 bits per heavy atom. The molecule has 0 saturated heterocycles. The van der Waals surface area contributed by atoms with Gasteiger partial charge in [0.2, 0.25) is 0 Å². The molecule has 0 radical (unpaired) electrons. The standard InChI is InChI=1S/C13H16N2S/c1-10-12(14)6-3-7-13(10)15(2)9-11-5-4-8-16-11/h3-8H,9,14H2,1-2H3. The van der Waals surface area contributed by atoms with E-state index in [4.69, 9.17) is 5.73 Å². The van der Waals surface area contributed by atoms with Crippen molar-refractivity contribution in [3.8, 4) is 0 Å². The molecule has 16 heavy (non-hydrogen) atoms. The van der Waals surface area contributed by atoms with E-state index in [9.17, 15) is 0 Å². The summed E-state index contributed by atoms with van der Waals surface area (Å²) in [5, 5.41) is 2.11. The molecule has 0 spiro atoms. The van der Waals surface area contributed by atoms with Gasteiger partial charge in [-0.05, 0) is 36.1 Å². The summed E-state index contributed by atoms with van der Waals surface area (Å²) in [6, 6.07) is 10.3. The zero-order valence-corrected chi connectivity index (χ0v) is 10.4. The van der Waals surface area contributed by atoms with Gasteiger partial charge in [0.1, 0.15) is 0 Å². The Bertz CT molecular complexity index is 463.